The van der Waals surface area contributed by atoms with Gasteiger partial charge >= 0.3 is 0 Å². The Morgan fingerprint density at radius 2 is 1.82 bits per heavy atom. The second kappa shape index (κ2) is 13.2. The molecule has 2 aromatic carbocycles. The number of halogens is 1. The molecule has 0 saturated heterocycles. The van der Waals surface area contributed by atoms with Crippen molar-refractivity contribution in [2.75, 3.05) is 26.8 Å². The molecule has 0 unspecified atom stereocenters. The first-order chi connectivity index (χ1) is 16.5. The van der Waals surface area contributed by atoms with Crippen LogP contribution in [0, 0.1) is 5.82 Å². The molecular formula is C27H36FN3O3. The number of unbranched alkanes of at least 4 members (excludes halogenated alkanes) is 1. The van der Waals surface area contributed by atoms with E-state index in [4.69, 9.17) is 14.6 Å². The van der Waals surface area contributed by atoms with Gasteiger partial charge < -0.3 is 14.6 Å². The van der Waals surface area contributed by atoms with E-state index in [0.29, 0.717) is 37.9 Å². The Morgan fingerprint density at radius 1 is 1.09 bits per heavy atom. The quantitative estimate of drug-likeness (QED) is 0.344. The second-order valence-electron chi connectivity index (χ2n) is 8.41. The summed E-state index contributed by atoms with van der Waals surface area (Å²) >= 11 is 0. The van der Waals surface area contributed by atoms with Gasteiger partial charge in [-0.3, -0.25) is 4.90 Å². The number of hydrogen-bond donors (Lipinski definition) is 1. The number of aliphatic hydroxyl groups is 1. The van der Waals surface area contributed by atoms with Gasteiger partial charge in [0.15, 0.2) is 0 Å². The molecule has 0 radical (unpaired) electrons. The number of aryl methyl sites for hydroxylation is 1. The lowest BCUT2D eigenvalue weighted by molar-refractivity contribution is 0.0786. The van der Waals surface area contributed by atoms with E-state index in [-0.39, 0.29) is 5.82 Å². The molecule has 0 bridgehead atoms. The van der Waals surface area contributed by atoms with Crippen molar-refractivity contribution in [2.24, 2.45) is 0 Å². The minimum absolute atomic E-state index is 0.315. The van der Waals surface area contributed by atoms with Crippen LogP contribution in [0.25, 0.3) is 5.69 Å². The average Bonchev–Trinajstić information content (AvgIpc) is 3.20. The normalized spacial score (nSPS) is 12.3. The van der Waals surface area contributed by atoms with E-state index in [1.54, 1.807) is 23.9 Å². The summed E-state index contributed by atoms with van der Waals surface area (Å²) in [7, 11) is 1.68. The predicted octanol–water partition coefficient (Wildman–Crippen LogP) is 5.37. The van der Waals surface area contributed by atoms with Gasteiger partial charge in [-0.1, -0.05) is 44.9 Å². The van der Waals surface area contributed by atoms with Crippen LogP contribution >= 0.6 is 0 Å². The van der Waals surface area contributed by atoms with Crippen LogP contribution < -0.4 is 4.74 Å². The van der Waals surface area contributed by atoms with E-state index < -0.39 is 6.10 Å². The van der Waals surface area contributed by atoms with Gasteiger partial charge in [-0.15, -0.1) is 0 Å². The number of nitrogens with zero attached hydrogens (tertiary/aromatic N) is 3. The van der Waals surface area contributed by atoms with Gasteiger partial charge in [0.05, 0.1) is 29.7 Å². The van der Waals surface area contributed by atoms with Gasteiger partial charge in [0.25, 0.3) is 0 Å². The van der Waals surface area contributed by atoms with Crippen molar-refractivity contribution in [1.29, 1.82) is 0 Å². The Balaban J connectivity index is 1.98. The average molecular weight is 470 g/mol. The molecule has 1 atom stereocenters. The lowest BCUT2D eigenvalue weighted by Gasteiger charge is -2.25. The zero-order chi connectivity index (χ0) is 24.3. The lowest BCUT2D eigenvalue weighted by atomic mass is 10.1. The summed E-state index contributed by atoms with van der Waals surface area (Å²) in [4.78, 5) is 2.19. The Bertz CT molecular complexity index is 992. The number of methoxy groups -OCH3 is 1. The van der Waals surface area contributed by atoms with Gasteiger partial charge in [0.2, 0.25) is 5.88 Å². The van der Waals surface area contributed by atoms with Crippen molar-refractivity contribution >= 4 is 0 Å². The SMILES string of the molecule is CCCC[C@H](O)CN(CCOC)Cc1c(CC)nn(-c2ccccc2)c1Oc1ccc(F)cc1. The fraction of sp³-hybridized carbons (Fsp3) is 0.444. The first kappa shape index (κ1) is 25.9. The van der Waals surface area contributed by atoms with Crippen molar-refractivity contribution in [3.8, 4) is 17.3 Å². The zero-order valence-electron chi connectivity index (χ0n) is 20.4. The molecule has 184 valence electrons. The van der Waals surface area contributed by atoms with Crippen LogP contribution in [0.2, 0.25) is 0 Å². The molecule has 1 heterocycles. The summed E-state index contributed by atoms with van der Waals surface area (Å²) in [5, 5.41) is 15.5. The number of aromatic nitrogens is 2. The molecule has 3 rings (SSSR count). The third-order valence-electron chi connectivity index (χ3n) is 5.74. The van der Waals surface area contributed by atoms with Crippen LogP contribution in [0.5, 0.6) is 11.6 Å². The summed E-state index contributed by atoms with van der Waals surface area (Å²) in [5.41, 5.74) is 2.76. The van der Waals surface area contributed by atoms with Crippen molar-refractivity contribution in [3.63, 3.8) is 0 Å². The van der Waals surface area contributed by atoms with Crippen molar-refractivity contribution < 1.29 is 19.0 Å². The predicted molar refractivity (Wildman–Crippen MR) is 132 cm³/mol. The molecule has 3 aromatic rings. The number of aliphatic hydroxyl groups excluding tert-OH is 1. The van der Waals surface area contributed by atoms with Crippen LogP contribution in [0.3, 0.4) is 0 Å². The Morgan fingerprint density at radius 3 is 2.47 bits per heavy atom. The summed E-state index contributed by atoms with van der Waals surface area (Å²) in [6.45, 7) is 6.52. The second-order valence-corrected chi connectivity index (χ2v) is 8.41. The van der Waals surface area contributed by atoms with Crippen molar-refractivity contribution in [3.05, 3.63) is 71.7 Å². The molecule has 0 fully saturated rings. The molecule has 1 aromatic heterocycles. The molecule has 1 N–H and O–H groups in total. The molecule has 34 heavy (non-hydrogen) atoms. The fourth-order valence-corrected chi connectivity index (χ4v) is 3.89. The summed E-state index contributed by atoms with van der Waals surface area (Å²) in [6, 6.07) is 15.8. The minimum Gasteiger partial charge on any atom is -0.439 e. The standard InChI is InChI=1S/C27H36FN3O3/c1-4-6-12-23(32)19-30(17-18-33-3)20-25-26(5-2)29-31(22-10-8-7-9-11-22)27(25)34-24-15-13-21(28)14-16-24/h7-11,13-16,23,32H,4-6,12,17-20H2,1-3H3/t23-/m0/s1. The van der Waals surface area contributed by atoms with E-state index in [1.807, 2.05) is 30.3 Å². The highest BCUT2D eigenvalue weighted by Gasteiger charge is 2.23. The maximum atomic E-state index is 13.5. The maximum Gasteiger partial charge on any atom is 0.227 e. The van der Waals surface area contributed by atoms with Crippen LogP contribution in [-0.2, 0) is 17.7 Å². The van der Waals surface area contributed by atoms with E-state index in [1.165, 1.54) is 12.1 Å². The molecule has 0 spiro atoms. The largest absolute Gasteiger partial charge is 0.439 e. The number of hydrogen-bond acceptors (Lipinski definition) is 5. The molecule has 0 aliphatic carbocycles. The molecule has 7 heteroatoms. The minimum atomic E-state index is -0.410. The van der Waals surface area contributed by atoms with Gasteiger partial charge in [-0.25, -0.2) is 9.07 Å². The number of ether oxygens (including phenoxy) is 2. The zero-order valence-corrected chi connectivity index (χ0v) is 20.4. The highest BCUT2D eigenvalue weighted by atomic mass is 19.1. The third-order valence-corrected chi connectivity index (χ3v) is 5.74. The highest BCUT2D eigenvalue weighted by molar-refractivity contribution is 5.43. The Kier molecular flexibility index (Phi) is 10.1. The highest BCUT2D eigenvalue weighted by Crippen LogP contribution is 2.32. The van der Waals surface area contributed by atoms with Crippen LogP contribution in [0.15, 0.2) is 54.6 Å². The Labute approximate surface area is 201 Å². The summed E-state index contributed by atoms with van der Waals surface area (Å²) < 4.78 is 26.9. The van der Waals surface area contributed by atoms with E-state index in [9.17, 15) is 9.50 Å². The van der Waals surface area contributed by atoms with Crippen molar-refractivity contribution in [1.82, 2.24) is 14.7 Å². The van der Waals surface area contributed by atoms with Gasteiger partial charge in [-0.05, 0) is 49.2 Å². The molecule has 0 amide bonds. The first-order valence-electron chi connectivity index (χ1n) is 12.0. The number of para-hydroxylation sites is 1. The van der Waals surface area contributed by atoms with Crippen LogP contribution in [0.1, 0.15) is 44.4 Å². The smallest absolute Gasteiger partial charge is 0.227 e. The lowest BCUT2D eigenvalue weighted by Crippen LogP contribution is -2.34. The van der Waals surface area contributed by atoms with E-state index in [2.05, 4.69) is 18.7 Å². The molecule has 6 nitrogen and oxygen atoms in total. The molecule has 0 saturated carbocycles. The molecule has 0 aliphatic rings. The monoisotopic (exact) mass is 469 g/mol. The fourth-order valence-electron chi connectivity index (χ4n) is 3.89. The maximum absolute atomic E-state index is 13.5. The van der Waals surface area contributed by atoms with E-state index in [0.717, 1.165) is 42.6 Å². The molecule has 0 aliphatic heterocycles. The van der Waals surface area contributed by atoms with Gasteiger partial charge in [-0.2, -0.15) is 5.10 Å². The topological polar surface area (TPSA) is 59.8 Å². The van der Waals surface area contributed by atoms with Crippen LogP contribution in [-0.4, -0.2) is 52.7 Å². The van der Waals surface area contributed by atoms with Crippen molar-refractivity contribution in [2.45, 2.75) is 52.2 Å². The summed E-state index contributed by atoms with van der Waals surface area (Å²) in [5.74, 6) is 0.819. The van der Waals surface area contributed by atoms with Gasteiger partial charge in [0, 0.05) is 26.7 Å². The van der Waals surface area contributed by atoms with Gasteiger partial charge in [0.1, 0.15) is 11.6 Å². The van der Waals surface area contributed by atoms with E-state index >= 15 is 0 Å². The van der Waals surface area contributed by atoms with Crippen LogP contribution in [0.4, 0.5) is 4.39 Å². The first-order valence-corrected chi connectivity index (χ1v) is 12.0. The molecular weight excluding hydrogens is 433 g/mol. The number of benzene rings is 2. The Hall–Kier alpha value is -2.74. The number of rotatable bonds is 14. The third kappa shape index (κ3) is 7.13. The summed E-state index contributed by atoms with van der Waals surface area (Å²) in [6.07, 6.45) is 3.13.